The molecule has 1 aromatic heterocycles. The zero-order valence-electron chi connectivity index (χ0n) is 18.5. The van der Waals surface area contributed by atoms with Gasteiger partial charge in [-0.3, -0.25) is 9.52 Å². The number of nitrogens with one attached hydrogen (secondary N) is 1. The number of fused-ring (bicyclic) bond motifs is 2. The molecule has 3 unspecified atom stereocenters. The lowest BCUT2D eigenvalue weighted by molar-refractivity contribution is -0.135. The highest BCUT2D eigenvalue weighted by Gasteiger charge is 2.44. The van der Waals surface area contributed by atoms with E-state index in [1.54, 1.807) is 0 Å². The Morgan fingerprint density at radius 2 is 1.84 bits per heavy atom. The largest absolute Gasteiger partial charge is 0.360 e. The molecule has 0 radical (unpaired) electrons. The first kappa shape index (κ1) is 23.2. The molecule has 2 aliphatic heterocycles. The van der Waals surface area contributed by atoms with Gasteiger partial charge in [0.15, 0.2) is 11.6 Å². The molecule has 32 heavy (non-hydrogen) atoms. The molecule has 2 saturated heterocycles. The number of piperidine rings is 1. The Hall–Kier alpha value is -2.00. The maximum Gasteiger partial charge on any atom is 0.237 e. The van der Waals surface area contributed by atoms with Crippen LogP contribution in [-0.4, -0.2) is 34.6 Å². The number of hydrogen-bond acceptors (Lipinski definition) is 5. The van der Waals surface area contributed by atoms with E-state index in [0.29, 0.717) is 18.4 Å². The van der Waals surface area contributed by atoms with E-state index in [1.807, 2.05) is 25.7 Å². The summed E-state index contributed by atoms with van der Waals surface area (Å²) in [5, 5.41) is 3.91. The van der Waals surface area contributed by atoms with E-state index in [9.17, 15) is 18.0 Å². The van der Waals surface area contributed by atoms with Gasteiger partial charge in [0.05, 0.1) is 17.1 Å². The molecule has 1 N–H and O–H groups in total. The fourth-order valence-electron chi connectivity index (χ4n) is 5.21. The molecule has 2 aliphatic rings. The van der Waals surface area contributed by atoms with Gasteiger partial charge in [-0.15, -0.1) is 0 Å². The summed E-state index contributed by atoms with van der Waals surface area (Å²) in [6.07, 6.45) is 4.00. The first-order valence-electron chi connectivity index (χ1n) is 11.0. The van der Waals surface area contributed by atoms with Gasteiger partial charge in [-0.25, -0.2) is 13.2 Å². The number of amides is 1. The Labute approximate surface area is 190 Å². The van der Waals surface area contributed by atoms with Gasteiger partial charge in [0, 0.05) is 18.2 Å². The molecule has 174 valence electrons. The van der Waals surface area contributed by atoms with Crippen LogP contribution in [0.2, 0.25) is 0 Å². The van der Waals surface area contributed by atoms with Crippen LogP contribution in [0.1, 0.15) is 49.6 Å². The van der Waals surface area contributed by atoms with Crippen LogP contribution in [0.4, 0.5) is 13.2 Å². The normalized spacial score (nSPS) is 23.6. The van der Waals surface area contributed by atoms with Gasteiger partial charge in [0.1, 0.15) is 11.6 Å². The van der Waals surface area contributed by atoms with E-state index >= 15 is 0 Å². The van der Waals surface area contributed by atoms with Crippen LogP contribution in [0.5, 0.6) is 0 Å². The zero-order chi connectivity index (χ0) is 23.0. The second kappa shape index (κ2) is 9.47. The molecule has 5 nitrogen and oxygen atoms in total. The van der Waals surface area contributed by atoms with Crippen molar-refractivity contribution in [2.75, 3.05) is 6.54 Å². The number of carbonyl (C=O) groups is 1. The van der Waals surface area contributed by atoms with Gasteiger partial charge in [-0.05, 0) is 81.4 Å². The van der Waals surface area contributed by atoms with E-state index in [-0.39, 0.29) is 36.0 Å². The predicted octanol–water partition coefficient (Wildman–Crippen LogP) is 4.95. The summed E-state index contributed by atoms with van der Waals surface area (Å²) < 4.78 is 49.1. The molecule has 1 aromatic carbocycles. The van der Waals surface area contributed by atoms with Gasteiger partial charge >= 0.3 is 0 Å². The third-order valence-corrected chi connectivity index (χ3v) is 7.93. The van der Waals surface area contributed by atoms with Crippen LogP contribution in [0.15, 0.2) is 21.6 Å². The van der Waals surface area contributed by atoms with Crippen molar-refractivity contribution in [2.45, 2.75) is 69.9 Å². The third-order valence-electron chi connectivity index (χ3n) is 6.86. The Kier molecular flexibility index (Phi) is 6.86. The number of carbonyl (C=O) groups excluding carboxylic acids is 1. The van der Waals surface area contributed by atoms with Gasteiger partial charge in [0.25, 0.3) is 0 Å². The molecular weight excluding hydrogens is 439 g/mol. The smallest absolute Gasteiger partial charge is 0.237 e. The minimum atomic E-state index is -1.16. The van der Waals surface area contributed by atoms with E-state index in [1.165, 1.54) is 11.9 Å². The predicted molar refractivity (Wildman–Crippen MR) is 115 cm³/mol. The first-order valence-corrected chi connectivity index (χ1v) is 11.8. The van der Waals surface area contributed by atoms with Crippen LogP contribution in [0.3, 0.4) is 0 Å². The summed E-state index contributed by atoms with van der Waals surface area (Å²) in [4.78, 5) is 15.8. The minimum Gasteiger partial charge on any atom is -0.360 e. The van der Waals surface area contributed by atoms with Crippen LogP contribution in [0, 0.1) is 43.1 Å². The SMILES string of the molecule is Cc1noc(C)c1SNCC(=O)N1C2CCC1CC(C(C)Cc1cc(F)c(F)cc1F)C2. The molecule has 3 heterocycles. The quantitative estimate of drug-likeness (QED) is 0.461. The fourth-order valence-corrected chi connectivity index (χ4v) is 5.91. The maximum absolute atomic E-state index is 14.1. The highest BCUT2D eigenvalue weighted by atomic mass is 32.2. The van der Waals surface area contributed by atoms with Crippen molar-refractivity contribution >= 4 is 17.9 Å². The van der Waals surface area contributed by atoms with E-state index in [4.69, 9.17) is 4.52 Å². The number of halogens is 3. The number of rotatable bonds is 7. The van der Waals surface area contributed by atoms with Crippen LogP contribution < -0.4 is 4.72 Å². The topological polar surface area (TPSA) is 58.4 Å². The Bertz CT molecular complexity index is 966. The fraction of sp³-hybridized carbons (Fsp3) is 0.565. The first-order chi connectivity index (χ1) is 15.2. The molecule has 0 saturated carbocycles. The summed E-state index contributed by atoms with van der Waals surface area (Å²) in [6.45, 7) is 5.96. The van der Waals surface area contributed by atoms with Gasteiger partial charge in [-0.1, -0.05) is 12.1 Å². The molecule has 0 spiro atoms. The highest BCUT2D eigenvalue weighted by Crippen LogP contribution is 2.42. The maximum atomic E-state index is 14.1. The van der Waals surface area contributed by atoms with Crippen LogP contribution in [0.25, 0.3) is 0 Å². The second-order valence-electron chi connectivity index (χ2n) is 9.03. The number of aryl methyl sites for hydroxylation is 2. The number of nitrogens with zero attached hydrogens (tertiary/aromatic N) is 2. The van der Waals surface area contributed by atoms with Crippen molar-refractivity contribution < 1.29 is 22.5 Å². The van der Waals surface area contributed by atoms with Crippen molar-refractivity contribution in [3.8, 4) is 0 Å². The van der Waals surface area contributed by atoms with E-state index in [2.05, 4.69) is 9.88 Å². The average molecular weight is 468 g/mol. The molecule has 9 heteroatoms. The number of hydrogen-bond donors (Lipinski definition) is 1. The number of benzene rings is 1. The standard InChI is InChI=1S/C23H28F3N3O2S/c1-12(6-16-9-20(25)21(26)10-19(16)24)15-7-17-4-5-18(8-15)29(17)22(30)11-27-32-23-13(2)28-31-14(23)3/h9-10,12,15,17-18,27H,4-8,11H2,1-3H3. The van der Waals surface area contributed by atoms with E-state index in [0.717, 1.165) is 48.1 Å². The lowest BCUT2D eigenvalue weighted by Gasteiger charge is -2.41. The monoisotopic (exact) mass is 467 g/mol. The molecule has 4 rings (SSSR count). The molecular formula is C23H28F3N3O2S. The Morgan fingerprint density at radius 3 is 2.47 bits per heavy atom. The van der Waals surface area contributed by atoms with Gasteiger partial charge < -0.3 is 9.42 Å². The average Bonchev–Trinajstić information content (AvgIpc) is 3.20. The van der Waals surface area contributed by atoms with Crippen molar-refractivity contribution in [1.29, 1.82) is 0 Å². The van der Waals surface area contributed by atoms with Crippen molar-refractivity contribution in [3.63, 3.8) is 0 Å². The van der Waals surface area contributed by atoms with Crippen molar-refractivity contribution in [2.24, 2.45) is 11.8 Å². The third kappa shape index (κ3) is 4.69. The molecule has 0 aliphatic carbocycles. The Balaban J connectivity index is 1.33. The lowest BCUT2D eigenvalue weighted by atomic mass is 9.79. The van der Waals surface area contributed by atoms with E-state index < -0.39 is 17.5 Å². The summed E-state index contributed by atoms with van der Waals surface area (Å²) >= 11 is 1.36. The minimum absolute atomic E-state index is 0.0783. The summed E-state index contributed by atoms with van der Waals surface area (Å²) in [7, 11) is 0. The zero-order valence-corrected chi connectivity index (χ0v) is 19.3. The van der Waals surface area contributed by atoms with Crippen LogP contribution in [-0.2, 0) is 11.2 Å². The number of aromatic nitrogens is 1. The second-order valence-corrected chi connectivity index (χ2v) is 9.93. The van der Waals surface area contributed by atoms with Gasteiger partial charge in [0.2, 0.25) is 5.91 Å². The van der Waals surface area contributed by atoms with Crippen LogP contribution >= 0.6 is 11.9 Å². The molecule has 2 fully saturated rings. The molecule has 2 bridgehead atoms. The van der Waals surface area contributed by atoms with Crippen molar-refractivity contribution in [1.82, 2.24) is 14.8 Å². The Morgan fingerprint density at radius 1 is 1.19 bits per heavy atom. The lowest BCUT2D eigenvalue weighted by Crippen LogP contribution is -2.49. The summed E-state index contributed by atoms with van der Waals surface area (Å²) in [5.74, 6) is -1.65. The van der Waals surface area contributed by atoms with Crippen molar-refractivity contribution in [3.05, 3.63) is 46.6 Å². The molecule has 1 amide bonds. The van der Waals surface area contributed by atoms with Gasteiger partial charge in [-0.2, -0.15) is 0 Å². The molecule has 3 atom stereocenters. The highest BCUT2D eigenvalue weighted by molar-refractivity contribution is 7.97. The summed E-state index contributed by atoms with van der Waals surface area (Å²) in [6, 6.07) is 1.94. The summed E-state index contributed by atoms with van der Waals surface area (Å²) in [5.41, 5.74) is 1.00. The molecule has 2 aromatic rings.